The van der Waals surface area contributed by atoms with E-state index in [0.29, 0.717) is 62.2 Å². The molecule has 1 saturated carbocycles. The zero-order valence-corrected chi connectivity index (χ0v) is 46.0. The molecule has 15 atom stereocenters. The summed E-state index contributed by atoms with van der Waals surface area (Å²) in [6.07, 6.45) is 26.1. The van der Waals surface area contributed by atoms with Gasteiger partial charge in [0.25, 0.3) is 11.7 Å². The number of unbranched alkanes of at least 4 members (excludes halogenated alkanes) is 3. The molecule has 1 aromatic rings. The smallest absolute Gasteiger partial charge is 0.329 e. The molecule has 13 nitrogen and oxygen atoms in total. The van der Waals surface area contributed by atoms with Crippen LogP contribution in [-0.2, 0) is 42.9 Å². The summed E-state index contributed by atoms with van der Waals surface area (Å²) in [5.41, 5.74) is 1.36. The average molecular weight is 1030 g/mol. The first kappa shape index (κ1) is 60.4. The maximum atomic E-state index is 14.6. The van der Waals surface area contributed by atoms with Crippen molar-refractivity contribution in [1.29, 1.82) is 0 Å². The van der Waals surface area contributed by atoms with Crippen molar-refractivity contribution in [3.05, 3.63) is 71.8 Å². The number of nitrogens with zero attached hydrogens (tertiary/aromatic N) is 1. The van der Waals surface area contributed by atoms with E-state index >= 15 is 0 Å². The molecule has 5 rings (SSSR count). The van der Waals surface area contributed by atoms with Crippen molar-refractivity contribution >= 4 is 29.2 Å². The molecule has 4 heterocycles. The van der Waals surface area contributed by atoms with E-state index < -0.39 is 71.7 Å². The van der Waals surface area contributed by atoms with Gasteiger partial charge in [0.15, 0.2) is 5.78 Å². The Labute approximate surface area is 442 Å². The number of rotatable bonds is 11. The van der Waals surface area contributed by atoms with E-state index in [4.69, 9.17) is 29.8 Å². The number of allylic oxidation sites excluding steroid dienone is 7. The third kappa shape index (κ3) is 16.3. The third-order valence-corrected chi connectivity index (χ3v) is 16.7. The van der Waals surface area contributed by atoms with Crippen LogP contribution in [0, 0.1) is 53.8 Å². The van der Waals surface area contributed by atoms with Gasteiger partial charge < -0.3 is 38.5 Å². The molecule has 2 saturated heterocycles. The highest BCUT2D eigenvalue weighted by Crippen LogP contribution is 2.41. The number of piperidine rings is 1. The second-order valence-electron chi connectivity index (χ2n) is 22.4. The van der Waals surface area contributed by atoms with Gasteiger partial charge in [-0.15, -0.1) is 12.3 Å². The van der Waals surface area contributed by atoms with Crippen molar-refractivity contribution in [3.63, 3.8) is 0 Å². The van der Waals surface area contributed by atoms with Gasteiger partial charge in [0.1, 0.15) is 35.9 Å². The minimum atomic E-state index is -2.44. The van der Waals surface area contributed by atoms with Gasteiger partial charge in [-0.05, 0) is 139 Å². The second kappa shape index (κ2) is 29.2. The molecule has 0 spiro atoms. The topological polar surface area (TPSA) is 179 Å². The van der Waals surface area contributed by atoms with E-state index in [-0.39, 0.29) is 60.7 Å². The van der Waals surface area contributed by atoms with Crippen LogP contribution in [-0.4, -0.2) is 107 Å². The van der Waals surface area contributed by atoms with Gasteiger partial charge in [-0.1, -0.05) is 89.5 Å². The van der Waals surface area contributed by atoms with Crippen LogP contribution in [0.25, 0.3) is 0 Å². The van der Waals surface area contributed by atoms with Crippen LogP contribution >= 0.6 is 0 Å². The van der Waals surface area contributed by atoms with Gasteiger partial charge in [-0.2, -0.15) is 0 Å². The number of fused-ring (bicyclic) bond motifs is 3. The molecule has 3 aliphatic heterocycles. The number of methoxy groups -OCH3 is 2. The minimum Gasteiger partial charge on any atom is -0.469 e. The number of amides is 1. The largest absolute Gasteiger partial charge is 0.469 e. The maximum absolute atomic E-state index is 14.6. The zero-order valence-electron chi connectivity index (χ0n) is 46.0. The fourth-order valence-corrected chi connectivity index (χ4v) is 12.0. The monoisotopic (exact) mass is 1030 g/mol. The zero-order chi connectivity index (χ0) is 54.1. The standard InChI is InChI=1S/C61H89NO12/c1-11-12-13-14-18-24-47-29-28-46(36-54(47)70-9)35-42(5)53-38-51(63)41(4)34-44(7)56(65)57(71-10)55(64)43(6)33-39(2)22-16-15-17-23-40(3)49(52-26-21-32-72-52)37-48-30-27-45(8)61(69,74-48)58(66)59(67)62-31-20-19-25-50(62)60(68)73-53/h1,15-17,21-23,26,32,34,39,41-43,45-50,53-54,56-57,65,69H,12-14,18-20,24-25,27-31,33,35-38H2,2-10H3/b17-15+,22-16+,40-23+,44-34+/t39-,41-,42-,43-,45-,46+,47-,48+,49?,50+,53+,54-,56-,57+,61-/m1/s1. The summed E-state index contributed by atoms with van der Waals surface area (Å²) in [6.45, 7) is 13.0. The number of aliphatic hydroxyl groups excluding tert-OH is 1. The Bertz CT molecular complexity index is 2170. The Balaban J connectivity index is 1.46. The van der Waals surface area contributed by atoms with Crippen LogP contribution in [0.5, 0.6) is 0 Å². The van der Waals surface area contributed by atoms with Gasteiger partial charge in [-0.25, -0.2) is 4.79 Å². The molecular formula is C61H89NO12. The number of hydrogen-bond acceptors (Lipinski definition) is 12. The van der Waals surface area contributed by atoms with Crippen LogP contribution in [0.1, 0.15) is 169 Å². The lowest BCUT2D eigenvalue weighted by molar-refractivity contribution is -0.264. The summed E-state index contributed by atoms with van der Waals surface area (Å²) in [5.74, 6) is -4.10. The number of carbonyl (C=O) groups is 5. The maximum Gasteiger partial charge on any atom is 0.329 e. The Kier molecular flexibility index (Phi) is 23.8. The summed E-state index contributed by atoms with van der Waals surface area (Å²) < 4.78 is 30.3. The highest BCUT2D eigenvalue weighted by atomic mass is 16.6. The number of esters is 1. The van der Waals surface area contributed by atoms with E-state index in [1.807, 2.05) is 64.1 Å². The fraction of sp³-hybridized carbons (Fsp3) is 0.689. The van der Waals surface area contributed by atoms with Crippen LogP contribution in [0.2, 0.25) is 0 Å². The van der Waals surface area contributed by atoms with Gasteiger partial charge in [0.2, 0.25) is 5.79 Å². The predicted octanol–water partition coefficient (Wildman–Crippen LogP) is 10.4. The number of aliphatic hydroxyl groups is 2. The lowest BCUT2D eigenvalue weighted by atomic mass is 9.74. The van der Waals surface area contributed by atoms with Crippen LogP contribution in [0.4, 0.5) is 0 Å². The number of carbonyl (C=O) groups excluding carboxylic acids is 5. The van der Waals surface area contributed by atoms with Crippen molar-refractivity contribution < 1.29 is 57.6 Å². The van der Waals surface area contributed by atoms with Gasteiger partial charge in [0.05, 0.1) is 18.5 Å². The summed E-state index contributed by atoms with van der Waals surface area (Å²) in [4.78, 5) is 73.0. The molecule has 1 unspecified atom stereocenters. The molecule has 2 N–H and O–H groups in total. The number of furan rings is 1. The Morgan fingerprint density at radius 3 is 2.38 bits per heavy atom. The first-order chi connectivity index (χ1) is 35.3. The summed E-state index contributed by atoms with van der Waals surface area (Å²) in [5, 5.41) is 23.8. The Morgan fingerprint density at radius 2 is 1.68 bits per heavy atom. The normalized spacial score (nSPS) is 36.8. The quantitative estimate of drug-likeness (QED) is 0.0706. The average Bonchev–Trinajstić information content (AvgIpc) is 3.93. The summed E-state index contributed by atoms with van der Waals surface area (Å²) in [6, 6.07) is 2.56. The molecule has 4 aliphatic rings. The van der Waals surface area contributed by atoms with Crippen molar-refractivity contribution in [2.24, 2.45) is 41.4 Å². The molecule has 1 amide bonds. The molecule has 0 aromatic carbocycles. The van der Waals surface area contributed by atoms with Gasteiger partial charge in [-0.3, -0.25) is 19.2 Å². The fourth-order valence-electron chi connectivity index (χ4n) is 12.0. The SMILES string of the molecule is C#CCCCCC[C@@H]1CC[C@@H](C[C@@H](C)[C@@H]2CC(=O)[C@H](C)/C=C(\C)[C@@H](O)[C@@H](OC)C(=O)[C@H](C)C[C@H](C)/C=C/C=C/C=C(\C)C(c3ccco3)C[C@@H]3CC[C@@H](C)[C@@](O)(O3)C(=O)C(=O)N3CCCC[C@H]3C(=O)O2)C[C@H]1OC. The first-order valence-electron chi connectivity index (χ1n) is 27.8. The van der Waals surface area contributed by atoms with E-state index in [0.717, 1.165) is 56.9 Å². The molecule has 1 aliphatic carbocycles. The number of hydrogen-bond donors (Lipinski definition) is 2. The number of ketones is 3. The number of terminal acetylenes is 1. The summed E-state index contributed by atoms with van der Waals surface area (Å²) in [7, 11) is 3.16. The first-order valence-corrected chi connectivity index (χ1v) is 27.8. The third-order valence-electron chi connectivity index (χ3n) is 16.7. The highest BCUT2D eigenvalue weighted by Gasteiger charge is 2.53. The van der Waals surface area contributed by atoms with E-state index in [1.54, 1.807) is 46.3 Å². The molecule has 3 fully saturated rings. The van der Waals surface area contributed by atoms with Gasteiger partial charge in [0, 0.05) is 57.3 Å². The van der Waals surface area contributed by atoms with E-state index in [2.05, 4.69) is 5.92 Å². The van der Waals surface area contributed by atoms with Crippen molar-refractivity contribution in [1.82, 2.24) is 4.90 Å². The number of cyclic esters (lactones) is 1. The van der Waals surface area contributed by atoms with Crippen LogP contribution < -0.4 is 0 Å². The molecule has 1 aromatic heterocycles. The van der Waals surface area contributed by atoms with E-state index in [1.165, 1.54) is 12.0 Å². The molecule has 74 heavy (non-hydrogen) atoms. The Hall–Kier alpha value is -4.45. The second-order valence-corrected chi connectivity index (χ2v) is 22.4. The summed E-state index contributed by atoms with van der Waals surface area (Å²) >= 11 is 0. The Morgan fingerprint density at radius 1 is 0.905 bits per heavy atom. The molecule has 2 bridgehead atoms. The number of Topliss-reactive ketones (excluding diaryl/α,β-unsaturated/α-hetero) is 3. The van der Waals surface area contributed by atoms with Crippen molar-refractivity contribution in [2.45, 2.75) is 206 Å². The van der Waals surface area contributed by atoms with Crippen LogP contribution in [0.15, 0.2) is 70.4 Å². The lowest BCUT2D eigenvalue weighted by Crippen LogP contribution is -2.60. The van der Waals surface area contributed by atoms with Crippen molar-refractivity contribution in [2.75, 3.05) is 20.8 Å². The highest BCUT2D eigenvalue weighted by molar-refractivity contribution is 6.39. The lowest BCUT2D eigenvalue weighted by Gasteiger charge is -2.42. The molecular weight excluding hydrogens is 939 g/mol. The molecule has 410 valence electrons. The molecule has 13 heteroatoms. The minimum absolute atomic E-state index is 0.0140. The number of ether oxygens (including phenoxy) is 4. The van der Waals surface area contributed by atoms with Gasteiger partial charge >= 0.3 is 5.97 Å². The van der Waals surface area contributed by atoms with Crippen molar-refractivity contribution in [3.8, 4) is 12.3 Å². The predicted molar refractivity (Wildman–Crippen MR) is 285 cm³/mol. The van der Waals surface area contributed by atoms with E-state index in [9.17, 15) is 34.2 Å². The molecule has 0 radical (unpaired) electrons. The van der Waals surface area contributed by atoms with Crippen LogP contribution in [0.3, 0.4) is 0 Å².